The largest absolute Gasteiger partial charge is 0.409 e. The van der Waals surface area contributed by atoms with Crippen molar-refractivity contribution < 1.29 is 5.21 Å². The normalized spacial score (nSPS) is 20.0. The predicted molar refractivity (Wildman–Crippen MR) is 44.6 cm³/mol. The molecular weight excluding hydrogens is 140 g/mol. The third kappa shape index (κ3) is 2.62. The monoisotopic (exact) mass is 154 g/mol. The van der Waals surface area contributed by atoms with Gasteiger partial charge in [-0.25, -0.2) is 0 Å². The van der Waals surface area contributed by atoms with Gasteiger partial charge in [-0.15, -0.1) is 0 Å². The molecule has 0 spiro atoms. The second-order valence-corrected chi connectivity index (χ2v) is 2.89. The first-order valence-corrected chi connectivity index (χ1v) is 4.00. The van der Waals surface area contributed by atoms with Crippen LogP contribution in [0.2, 0.25) is 0 Å². The minimum absolute atomic E-state index is 0.224. The fourth-order valence-electron chi connectivity index (χ4n) is 1.39. The van der Waals surface area contributed by atoms with Crippen molar-refractivity contribution in [3.8, 4) is 0 Å². The Hall–Kier alpha value is -0.990. The van der Waals surface area contributed by atoms with E-state index in [0.717, 1.165) is 12.8 Å². The van der Waals surface area contributed by atoms with Gasteiger partial charge in [-0.05, 0) is 31.8 Å². The third-order valence-corrected chi connectivity index (χ3v) is 1.96. The van der Waals surface area contributed by atoms with Gasteiger partial charge in [0.2, 0.25) is 0 Å². The quantitative estimate of drug-likeness (QED) is 0.261. The van der Waals surface area contributed by atoms with Gasteiger partial charge in [-0.2, -0.15) is 0 Å². The molecule has 0 bridgehead atoms. The first-order valence-electron chi connectivity index (χ1n) is 4.00. The third-order valence-electron chi connectivity index (χ3n) is 1.96. The first kappa shape index (κ1) is 8.11. The molecule has 0 saturated heterocycles. The first-order chi connectivity index (χ1) is 5.33. The molecule has 0 aromatic carbocycles. The van der Waals surface area contributed by atoms with Gasteiger partial charge in [0.05, 0.1) is 0 Å². The van der Waals surface area contributed by atoms with Crippen molar-refractivity contribution >= 4 is 5.84 Å². The highest BCUT2D eigenvalue weighted by Gasteiger charge is 2.04. The van der Waals surface area contributed by atoms with E-state index in [2.05, 4.69) is 5.16 Å². The molecule has 0 heterocycles. The molecule has 0 aliphatic heterocycles. The summed E-state index contributed by atoms with van der Waals surface area (Å²) >= 11 is 0. The van der Waals surface area contributed by atoms with Gasteiger partial charge in [0.25, 0.3) is 0 Å². The zero-order chi connectivity index (χ0) is 8.10. The number of allylic oxidation sites excluding steroid dienone is 1. The molecule has 0 amide bonds. The average Bonchev–Trinajstić information content (AvgIpc) is 2.06. The SMILES string of the molecule is N/C(C=C1CCCCC1)=N\O. The zero-order valence-electron chi connectivity index (χ0n) is 6.58. The van der Waals surface area contributed by atoms with Crippen LogP contribution in [0.5, 0.6) is 0 Å². The summed E-state index contributed by atoms with van der Waals surface area (Å²) in [4.78, 5) is 0. The van der Waals surface area contributed by atoms with Crippen LogP contribution < -0.4 is 5.73 Å². The lowest BCUT2D eigenvalue weighted by molar-refractivity contribution is 0.319. The molecule has 3 nitrogen and oxygen atoms in total. The Morgan fingerprint density at radius 2 is 2.00 bits per heavy atom. The summed E-state index contributed by atoms with van der Waals surface area (Å²) in [5.41, 5.74) is 6.64. The van der Waals surface area contributed by atoms with Crippen molar-refractivity contribution in [1.82, 2.24) is 0 Å². The van der Waals surface area contributed by atoms with Crippen LogP contribution in [0.1, 0.15) is 32.1 Å². The van der Waals surface area contributed by atoms with E-state index in [-0.39, 0.29) is 5.84 Å². The van der Waals surface area contributed by atoms with Gasteiger partial charge in [-0.1, -0.05) is 17.1 Å². The van der Waals surface area contributed by atoms with Gasteiger partial charge < -0.3 is 10.9 Å². The fraction of sp³-hybridized carbons (Fsp3) is 0.625. The van der Waals surface area contributed by atoms with Crippen LogP contribution >= 0.6 is 0 Å². The van der Waals surface area contributed by atoms with E-state index in [0.29, 0.717) is 0 Å². The van der Waals surface area contributed by atoms with Gasteiger partial charge in [0.15, 0.2) is 5.84 Å². The number of nitrogens with two attached hydrogens (primary N) is 1. The molecule has 1 saturated carbocycles. The van der Waals surface area contributed by atoms with E-state index in [1.54, 1.807) is 6.08 Å². The maximum Gasteiger partial charge on any atom is 0.162 e. The summed E-state index contributed by atoms with van der Waals surface area (Å²) < 4.78 is 0. The summed E-state index contributed by atoms with van der Waals surface area (Å²) in [6, 6.07) is 0. The molecule has 0 aromatic rings. The Bertz CT molecular complexity index is 177. The van der Waals surface area contributed by atoms with E-state index >= 15 is 0 Å². The van der Waals surface area contributed by atoms with Crippen molar-refractivity contribution in [1.29, 1.82) is 0 Å². The maximum atomic E-state index is 8.28. The van der Waals surface area contributed by atoms with Gasteiger partial charge in [0.1, 0.15) is 0 Å². The highest BCUT2D eigenvalue weighted by atomic mass is 16.4. The molecule has 3 heteroatoms. The Balaban J connectivity index is 2.50. The van der Waals surface area contributed by atoms with Gasteiger partial charge in [0, 0.05) is 0 Å². The molecule has 11 heavy (non-hydrogen) atoms. The smallest absolute Gasteiger partial charge is 0.162 e. The summed E-state index contributed by atoms with van der Waals surface area (Å²) in [6.45, 7) is 0. The van der Waals surface area contributed by atoms with E-state index in [4.69, 9.17) is 10.9 Å². The van der Waals surface area contributed by atoms with Crippen LogP contribution in [0.3, 0.4) is 0 Å². The van der Waals surface area contributed by atoms with Crippen LogP contribution in [0.4, 0.5) is 0 Å². The summed E-state index contributed by atoms with van der Waals surface area (Å²) in [7, 11) is 0. The highest BCUT2D eigenvalue weighted by Crippen LogP contribution is 2.22. The number of oxime groups is 1. The van der Waals surface area contributed by atoms with Gasteiger partial charge >= 0.3 is 0 Å². The molecule has 1 fully saturated rings. The second kappa shape index (κ2) is 4.01. The van der Waals surface area contributed by atoms with E-state index in [1.807, 2.05) is 0 Å². The van der Waals surface area contributed by atoms with Crippen molar-refractivity contribution in [3.05, 3.63) is 11.6 Å². The molecule has 3 N–H and O–H groups in total. The van der Waals surface area contributed by atoms with Crippen LogP contribution in [0.25, 0.3) is 0 Å². The Labute approximate surface area is 66.6 Å². The predicted octanol–water partition coefficient (Wildman–Crippen LogP) is 1.62. The number of hydrogen-bond acceptors (Lipinski definition) is 2. The molecule has 0 radical (unpaired) electrons. The lowest BCUT2D eigenvalue weighted by atomic mass is 9.95. The van der Waals surface area contributed by atoms with Crippen LogP contribution in [0, 0.1) is 0 Å². The topological polar surface area (TPSA) is 58.6 Å². The Morgan fingerprint density at radius 3 is 2.55 bits per heavy atom. The standard InChI is InChI=1S/C8H14N2O/c9-8(10-11)6-7-4-2-1-3-5-7/h6,11H,1-5H2,(H2,9,10). The van der Waals surface area contributed by atoms with Crippen molar-refractivity contribution in [2.24, 2.45) is 10.9 Å². The zero-order valence-corrected chi connectivity index (χ0v) is 6.58. The van der Waals surface area contributed by atoms with Crippen molar-refractivity contribution in [2.45, 2.75) is 32.1 Å². The van der Waals surface area contributed by atoms with Crippen LogP contribution in [-0.4, -0.2) is 11.0 Å². The number of rotatable bonds is 1. The van der Waals surface area contributed by atoms with Gasteiger partial charge in [-0.3, -0.25) is 0 Å². The maximum absolute atomic E-state index is 8.28. The highest BCUT2D eigenvalue weighted by molar-refractivity contribution is 5.91. The molecule has 62 valence electrons. The Kier molecular flexibility index (Phi) is 2.95. The van der Waals surface area contributed by atoms with E-state index in [9.17, 15) is 0 Å². The molecule has 1 aliphatic carbocycles. The summed E-state index contributed by atoms with van der Waals surface area (Å²) in [6.07, 6.45) is 7.79. The average molecular weight is 154 g/mol. The number of amidine groups is 1. The molecule has 1 aliphatic rings. The summed E-state index contributed by atoms with van der Waals surface area (Å²) in [5, 5.41) is 11.2. The molecule has 0 unspecified atom stereocenters. The summed E-state index contributed by atoms with van der Waals surface area (Å²) in [5.74, 6) is 0.224. The van der Waals surface area contributed by atoms with E-state index in [1.165, 1.54) is 24.8 Å². The van der Waals surface area contributed by atoms with Crippen molar-refractivity contribution in [3.63, 3.8) is 0 Å². The van der Waals surface area contributed by atoms with Crippen LogP contribution in [-0.2, 0) is 0 Å². The van der Waals surface area contributed by atoms with E-state index < -0.39 is 0 Å². The minimum Gasteiger partial charge on any atom is -0.409 e. The lowest BCUT2D eigenvalue weighted by Crippen LogP contribution is -2.09. The molecule has 0 atom stereocenters. The minimum atomic E-state index is 0.224. The van der Waals surface area contributed by atoms with Crippen LogP contribution in [0.15, 0.2) is 16.8 Å². The molecule has 0 aromatic heterocycles. The Morgan fingerprint density at radius 1 is 1.36 bits per heavy atom. The number of nitrogens with zero attached hydrogens (tertiary/aromatic N) is 1. The molecule has 1 rings (SSSR count). The number of hydrogen-bond donors (Lipinski definition) is 2. The van der Waals surface area contributed by atoms with Crippen molar-refractivity contribution in [2.75, 3.05) is 0 Å². The lowest BCUT2D eigenvalue weighted by Gasteiger charge is -2.12. The molecular formula is C8H14N2O. The fourth-order valence-corrected chi connectivity index (χ4v) is 1.39. The second-order valence-electron chi connectivity index (χ2n) is 2.89.